The van der Waals surface area contributed by atoms with Crippen LogP contribution in [-0.4, -0.2) is 41.7 Å². The summed E-state index contributed by atoms with van der Waals surface area (Å²) in [5, 5.41) is 10.5. The number of nitrogens with one attached hydrogen (secondary N) is 3. The number of hydrogen-bond acceptors (Lipinski definition) is 7. The Kier molecular flexibility index (Phi) is 12.3. The van der Waals surface area contributed by atoms with E-state index < -0.39 is 0 Å². The highest BCUT2D eigenvalue weighted by atomic mass is 15.1. The number of pyridine rings is 2. The molecule has 2 saturated carbocycles. The van der Waals surface area contributed by atoms with Gasteiger partial charge in [0.25, 0.3) is 0 Å². The molecule has 218 valence electrons. The van der Waals surface area contributed by atoms with Gasteiger partial charge in [-0.3, -0.25) is 9.98 Å². The minimum atomic E-state index is 0.408. The van der Waals surface area contributed by atoms with E-state index >= 15 is 0 Å². The van der Waals surface area contributed by atoms with E-state index in [9.17, 15) is 0 Å². The van der Waals surface area contributed by atoms with Crippen molar-refractivity contribution in [3.63, 3.8) is 0 Å². The Morgan fingerprint density at radius 2 is 1.74 bits per heavy atom. The van der Waals surface area contributed by atoms with Crippen molar-refractivity contribution in [2.75, 3.05) is 12.0 Å². The molecule has 7 heteroatoms. The number of aromatic nitrogens is 2. The van der Waals surface area contributed by atoms with E-state index in [-0.39, 0.29) is 0 Å². The van der Waals surface area contributed by atoms with Crippen LogP contribution in [0.1, 0.15) is 81.3 Å². The predicted octanol–water partition coefficient (Wildman–Crippen LogP) is 6.59. The van der Waals surface area contributed by atoms with Gasteiger partial charge in [-0.15, -0.1) is 0 Å². The van der Waals surface area contributed by atoms with Gasteiger partial charge in [0.2, 0.25) is 0 Å². The van der Waals surface area contributed by atoms with Gasteiger partial charge in [-0.2, -0.15) is 0 Å². The maximum atomic E-state index is 4.64. The summed E-state index contributed by atoms with van der Waals surface area (Å²) >= 11 is 0. The van der Waals surface area contributed by atoms with Crippen molar-refractivity contribution in [3.05, 3.63) is 95.3 Å². The van der Waals surface area contributed by atoms with E-state index in [1.54, 1.807) is 6.20 Å². The molecule has 2 aliphatic carbocycles. The fourth-order valence-electron chi connectivity index (χ4n) is 4.70. The van der Waals surface area contributed by atoms with Crippen LogP contribution in [0.2, 0.25) is 0 Å². The highest BCUT2D eigenvalue weighted by Crippen LogP contribution is 2.22. The lowest BCUT2D eigenvalue weighted by molar-refractivity contribution is 0.396. The Balaban J connectivity index is 0.00000198. The topological polar surface area (TPSA) is 86.6 Å². The lowest BCUT2D eigenvalue weighted by Crippen LogP contribution is -2.30. The fraction of sp³-hybridized carbons (Fsp3) is 0.371. The van der Waals surface area contributed by atoms with E-state index in [4.69, 9.17) is 0 Å². The molecule has 0 saturated heterocycles. The smallest absolute Gasteiger partial charge is 0.136 e. The number of rotatable bonds is 11. The number of nitrogens with zero attached hydrogens (tertiary/aromatic N) is 4. The van der Waals surface area contributed by atoms with Crippen LogP contribution < -0.4 is 16.0 Å². The van der Waals surface area contributed by atoms with Gasteiger partial charge in [-0.1, -0.05) is 45.1 Å². The minimum Gasteiger partial charge on any atom is -0.367 e. The summed E-state index contributed by atoms with van der Waals surface area (Å²) in [5.41, 5.74) is 5.57. The highest BCUT2D eigenvalue weighted by molar-refractivity contribution is 6.10. The number of anilines is 1. The minimum absolute atomic E-state index is 0.408. The van der Waals surface area contributed by atoms with Crippen molar-refractivity contribution < 1.29 is 0 Å². The quantitative estimate of drug-likeness (QED) is 0.182. The predicted molar refractivity (Wildman–Crippen MR) is 176 cm³/mol. The first-order valence-corrected chi connectivity index (χ1v) is 15.2. The van der Waals surface area contributed by atoms with Crippen LogP contribution in [0.15, 0.2) is 82.8 Å². The molecular formula is C35H43N7. The molecule has 1 aromatic carbocycles. The third-order valence-corrected chi connectivity index (χ3v) is 7.11. The summed E-state index contributed by atoms with van der Waals surface area (Å²) in [4.78, 5) is 17.9. The van der Waals surface area contributed by atoms with Gasteiger partial charge in [0.1, 0.15) is 18.2 Å². The van der Waals surface area contributed by atoms with Crippen molar-refractivity contribution in [3.8, 4) is 11.8 Å². The molecule has 2 heterocycles. The summed E-state index contributed by atoms with van der Waals surface area (Å²) < 4.78 is 0. The molecule has 42 heavy (non-hydrogen) atoms. The van der Waals surface area contributed by atoms with E-state index in [0.29, 0.717) is 18.8 Å². The Bertz CT molecular complexity index is 1370. The largest absolute Gasteiger partial charge is 0.367 e. The van der Waals surface area contributed by atoms with Crippen LogP contribution in [0, 0.1) is 11.8 Å². The van der Waals surface area contributed by atoms with Crippen molar-refractivity contribution in [2.45, 2.75) is 77.4 Å². The lowest BCUT2D eigenvalue weighted by atomic mass is 9.95. The second-order valence-electron chi connectivity index (χ2n) is 10.3. The molecule has 2 aliphatic rings. The second-order valence-corrected chi connectivity index (χ2v) is 10.3. The second kappa shape index (κ2) is 16.9. The van der Waals surface area contributed by atoms with E-state index in [2.05, 4.69) is 60.5 Å². The van der Waals surface area contributed by atoms with Crippen molar-refractivity contribution in [1.29, 1.82) is 0 Å². The van der Waals surface area contributed by atoms with Gasteiger partial charge in [-0.05, 0) is 92.4 Å². The average molecular weight is 562 g/mol. The van der Waals surface area contributed by atoms with Gasteiger partial charge in [0.05, 0.1) is 11.3 Å². The maximum absolute atomic E-state index is 4.64. The first kappa shape index (κ1) is 30.7. The van der Waals surface area contributed by atoms with E-state index in [0.717, 1.165) is 53.4 Å². The molecule has 3 N–H and O–H groups in total. The number of hydrogen-bond donors (Lipinski definition) is 3. The Morgan fingerprint density at radius 1 is 0.929 bits per heavy atom. The van der Waals surface area contributed by atoms with E-state index in [1.807, 2.05) is 74.8 Å². The zero-order valence-corrected chi connectivity index (χ0v) is 24.9. The Hall–Kier alpha value is -4.28. The van der Waals surface area contributed by atoms with Crippen LogP contribution in [0.25, 0.3) is 5.57 Å². The molecule has 3 aromatic rings. The molecule has 5 rings (SSSR count). The summed E-state index contributed by atoms with van der Waals surface area (Å²) in [7, 11) is 0. The standard InChI is InChI=1S/C33H37N7.C2H6/c1-34-33(40-29-7-3-2-4-8-29)31(32-9-5-6-19-37-32)23-35-24-39-28-13-10-25(11-14-28)12-15-30-21-26(18-20-36-30)22-38-27-16-17-27;1-2/h5-6,9-11,13-14,18-21,23,27,29,38-40H,1-4,7-8,16-17,22,24H2;1-2H3/b33-31-,35-23-;. The van der Waals surface area contributed by atoms with Gasteiger partial charge >= 0.3 is 0 Å². The summed E-state index contributed by atoms with van der Waals surface area (Å²) in [6.07, 6.45) is 14.1. The first-order chi connectivity index (χ1) is 20.8. The SMILES string of the molecule is C=N/C(NC1CCCCC1)=C(\C=N/CNc1ccc(C#Cc2cc(CNC3CC3)ccn2)cc1)c1ccccn1.CC. The molecule has 0 unspecified atom stereocenters. The van der Waals surface area contributed by atoms with Crippen molar-refractivity contribution in [1.82, 2.24) is 20.6 Å². The number of allylic oxidation sites excluding steroid dienone is 1. The summed E-state index contributed by atoms with van der Waals surface area (Å²) in [6, 6.07) is 19.1. The molecule has 2 aromatic heterocycles. The van der Waals surface area contributed by atoms with Crippen LogP contribution in [0.5, 0.6) is 0 Å². The third kappa shape index (κ3) is 9.97. The zero-order chi connectivity index (χ0) is 29.4. The Labute approximate surface area is 251 Å². The molecule has 0 atom stereocenters. The van der Waals surface area contributed by atoms with Crippen LogP contribution in [0.4, 0.5) is 5.69 Å². The molecule has 7 nitrogen and oxygen atoms in total. The summed E-state index contributed by atoms with van der Waals surface area (Å²) in [5.74, 6) is 7.14. The number of benzene rings is 1. The molecule has 0 spiro atoms. The normalized spacial score (nSPS) is 15.5. The number of aliphatic imine (C=N–C) groups is 2. The highest BCUT2D eigenvalue weighted by Gasteiger charge is 2.20. The van der Waals surface area contributed by atoms with E-state index in [1.165, 1.54) is 37.7 Å². The van der Waals surface area contributed by atoms with Gasteiger partial charge in [0, 0.05) is 48.5 Å². The lowest BCUT2D eigenvalue weighted by Gasteiger charge is -2.24. The van der Waals surface area contributed by atoms with Crippen molar-refractivity contribution in [2.24, 2.45) is 9.98 Å². The molecular weight excluding hydrogens is 518 g/mol. The van der Waals surface area contributed by atoms with Gasteiger partial charge in [-0.25, -0.2) is 9.98 Å². The van der Waals surface area contributed by atoms with Crippen LogP contribution in [0.3, 0.4) is 0 Å². The zero-order valence-electron chi connectivity index (χ0n) is 24.9. The van der Waals surface area contributed by atoms with Gasteiger partial charge < -0.3 is 16.0 Å². The van der Waals surface area contributed by atoms with Gasteiger partial charge in [0.15, 0.2) is 0 Å². The summed E-state index contributed by atoms with van der Waals surface area (Å²) in [6.45, 7) is 9.10. The first-order valence-electron chi connectivity index (χ1n) is 15.2. The monoisotopic (exact) mass is 561 g/mol. The van der Waals surface area contributed by atoms with Crippen LogP contribution in [-0.2, 0) is 6.54 Å². The third-order valence-electron chi connectivity index (χ3n) is 7.11. The molecule has 0 radical (unpaired) electrons. The maximum Gasteiger partial charge on any atom is 0.136 e. The fourth-order valence-corrected chi connectivity index (χ4v) is 4.70. The molecule has 0 bridgehead atoms. The van der Waals surface area contributed by atoms with Crippen LogP contribution >= 0.6 is 0 Å². The molecule has 0 amide bonds. The molecule has 0 aliphatic heterocycles. The average Bonchev–Trinajstić information content (AvgIpc) is 3.89. The molecule has 2 fully saturated rings. The Morgan fingerprint density at radius 3 is 2.45 bits per heavy atom. The van der Waals surface area contributed by atoms with Crippen molar-refractivity contribution >= 4 is 24.2 Å².